The molecule has 8 heteroatoms. The van der Waals surface area contributed by atoms with E-state index in [2.05, 4.69) is 25.7 Å². The van der Waals surface area contributed by atoms with Crippen LogP contribution in [0.15, 0.2) is 0 Å². The number of epoxide rings is 1. The molecule has 0 bridgehead atoms. The molecule has 2 amide bonds. The lowest BCUT2D eigenvalue weighted by molar-refractivity contribution is -0.162. The monoisotopic (exact) mass is 533 g/mol. The Morgan fingerprint density at radius 2 is 1.46 bits per heavy atom. The van der Waals surface area contributed by atoms with Gasteiger partial charge in [-0.25, -0.2) is 0 Å². The third-order valence-electron chi connectivity index (χ3n) is 13.2. The maximum atomic E-state index is 13.1. The second-order valence-electron chi connectivity index (χ2n) is 14.5. The van der Waals surface area contributed by atoms with Crippen molar-refractivity contribution in [2.75, 3.05) is 26.2 Å². The van der Waals surface area contributed by atoms with Crippen molar-refractivity contribution in [1.29, 1.82) is 5.26 Å². The topological polar surface area (TPSA) is 83.4 Å². The Hall–Kier alpha value is -1.69. The number of ether oxygens (including phenoxy) is 1. The number of fused-ring (bicyclic) bond motifs is 6. The van der Waals surface area contributed by atoms with E-state index in [1.54, 1.807) is 0 Å². The zero-order valence-electron chi connectivity index (χ0n) is 23.1. The molecule has 39 heavy (non-hydrogen) atoms. The van der Waals surface area contributed by atoms with E-state index in [4.69, 9.17) is 4.74 Å². The van der Waals surface area contributed by atoms with Crippen LogP contribution in [0, 0.1) is 35.0 Å². The lowest BCUT2D eigenvalue weighted by Crippen LogP contribution is -2.76. The molecule has 0 aromatic heterocycles. The number of rotatable bonds is 1. The molecule has 0 aromatic rings. The number of piperidine rings is 8. The van der Waals surface area contributed by atoms with Crippen molar-refractivity contribution in [1.82, 2.24) is 19.6 Å². The van der Waals surface area contributed by atoms with Gasteiger partial charge in [0.25, 0.3) is 0 Å². The summed E-state index contributed by atoms with van der Waals surface area (Å²) >= 11 is 0. The maximum absolute atomic E-state index is 13.1. The first-order valence-electron chi connectivity index (χ1n) is 16.3. The van der Waals surface area contributed by atoms with Gasteiger partial charge in [0.05, 0.1) is 12.2 Å². The van der Waals surface area contributed by atoms with Crippen molar-refractivity contribution in [3.63, 3.8) is 0 Å². The number of amides is 2. The number of carbonyl (C=O) groups excluding carboxylic acids is 2. The Labute approximate surface area is 232 Å². The highest BCUT2D eigenvalue weighted by molar-refractivity contribution is 5.78. The van der Waals surface area contributed by atoms with Crippen LogP contribution in [0.3, 0.4) is 0 Å². The van der Waals surface area contributed by atoms with Crippen molar-refractivity contribution in [3.8, 4) is 6.07 Å². The average molecular weight is 534 g/mol. The first-order chi connectivity index (χ1) is 19.1. The van der Waals surface area contributed by atoms with Crippen LogP contribution in [0.1, 0.15) is 77.0 Å². The number of carbonyl (C=O) groups is 2. The van der Waals surface area contributed by atoms with E-state index >= 15 is 0 Å². The molecule has 0 spiro atoms. The molecule has 9 aliphatic rings. The van der Waals surface area contributed by atoms with E-state index in [9.17, 15) is 14.9 Å². The smallest absolute Gasteiger partial charge is 0.222 e. The summed E-state index contributed by atoms with van der Waals surface area (Å²) in [6.07, 6.45) is 12.7. The summed E-state index contributed by atoms with van der Waals surface area (Å²) < 4.78 is 7.06. The van der Waals surface area contributed by atoms with Gasteiger partial charge in [0, 0.05) is 62.1 Å². The van der Waals surface area contributed by atoms with Gasteiger partial charge in [-0.05, 0) is 95.1 Å². The molecule has 0 aliphatic carbocycles. The molecule has 8 nitrogen and oxygen atoms in total. The van der Waals surface area contributed by atoms with E-state index in [1.807, 2.05) is 0 Å². The zero-order valence-corrected chi connectivity index (χ0v) is 23.1. The normalized spacial score (nSPS) is 52.5. The van der Waals surface area contributed by atoms with Crippen LogP contribution < -0.4 is 0 Å². The fourth-order valence-electron chi connectivity index (χ4n) is 12.0. The summed E-state index contributed by atoms with van der Waals surface area (Å²) in [5.41, 5.74) is -0.423. The fraction of sp³-hybridized carbons (Fsp3) is 0.903. The van der Waals surface area contributed by atoms with E-state index in [0.29, 0.717) is 60.0 Å². The molecule has 9 heterocycles. The number of hydrogen-bond acceptors (Lipinski definition) is 6. The Balaban J connectivity index is 1.09. The lowest BCUT2D eigenvalue weighted by atomic mass is 9.60. The van der Waals surface area contributed by atoms with E-state index in [0.717, 1.165) is 77.5 Å². The quantitative estimate of drug-likeness (QED) is 0.482. The van der Waals surface area contributed by atoms with Gasteiger partial charge in [0.2, 0.25) is 11.8 Å². The number of nitrogens with zero attached hydrogens (tertiary/aromatic N) is 5. The van der Waals surface area contributed by atoms with Crippen LogP contribution in [-0.4, -0.2) is 106 Å². The van der Waals surface area contributed by atoms with Gasteiger partial charge >= 0.3 is 0 Å². The zero-order chi connectivity index (χ0) is 26.0. The van der Waals surface area contributed by atoms with Crippen LogP contribution in [0.2, 0.25) is 0 Å². The molecule has 0 saturated carbocycles. The minimum absolute atomic E-state index is 0.0981. The Morgan fingerprint density at radius 3 is 2.26 bits per heavy atom. The van der Waals surface area contributed by atoms with Gasteiger partial charge in [-0.3, -0.25) is 19.4 Å². The molecule has 12 atom stereocenters. The first kappa shape index (κ1) is 24.0. The number of hydrogen-bond donors (Lipinski definition) is 0. The number of nitriles is 1. The molecule has 0 unspecified atom stereocenters. The molecule has 9 saturated heterocycles. The van der Waals surface area contributed by atoms with Crippen molar-refractivity contribution < 1.29 is 14.3 Å². The Kier molecular flexibility index (Phi) is 5.18. The molecule has 210 valence electrons. The third kappa shape index (κ3) is 3.05. The summed E-state index contributed by atoms with van der Waals surface area (Å²) in [5, 5.41) is 10.8. The van der Waals surface area contributed by atoms with Gasteiger partial charge in [-0.1, -0.05) is 0 Å². The van der Waals surface area contributed by atoms with Crippen molar-refractivity contribution >= 4 is 11.8 Å². The standard InChI is InChI=1S/C31H43N5O3/c32-15-24-31(23-12-11-19-17-35-21(7-1-9-25(35)37)20-6-4-14-33(23)28(19)20)30(39-31)27-22-8-2-10-26(38)36(22)16-18-5-3-13-34(24)29(18)27/h18-24,27-30H,1-14,16-17H2/t18-,19-,20+,21+,22+,23+,24-,27+,28-,29-,30-,31+/m0/s1. The highest BCUT2D eigenvalue weighted by Gasteiger charge is 2.78. The summed E-state index contributed by atoms with van der Waals surface area (Å²) in [6.45, 7) is 3.92. The third-order valence-corrected chi connectivity index (χ3v) is 13.2. The predicted octanol–water partition coefficient (Wildman–Crippen LogP) is 2.38. The van der Waals surface area contributed by atoms with Crippen LogP contribution >= 0.6 is 0 Å². The molecule has 9 aliphatic heterocycles. The molecule has 0 aromatic carbocycles. The minimum atomic E-state index is -0.423. The van der Waals surface area contributed by atoms with Crippen LogP contribution in [-0.2, 0) is 14.3 Å². The van der Waals surface area contributed by atoms with Crippen molar-refractivity contribution in [2.45, 2.75) is 125 Å². The molecule has 9 rings (SSSR count). The summed E-state index contributed by atoms with van der Waals surface area (Å²) in [6, 6.07) is 4.53. The predicted molar refractivity (Wildman–Crippen MR) is 142 cm³/mol. The summed E-state index contributed by atoms with van der Waals surface area (Å²) in [4.78, 5) is 36.0. The molecular weight excluding hydrogens is 490 g/mol. The average Bonchev–Trinajstić information content (AvgIpc) is 3.70. The minimum Gasteiger partial charge on any atom is -0.361 e. The maximum Gasteiger partial charge on any atom is 0.222 e. The van der Waals surface area contributed by atoms with Crippen molar-refractivity contribution in [2.24, 2.45) is 23.7 Å². The first-order valence-corrected chi connectivity index (χ1v) is 16.3. The van der Waals surface area contributed by atoms with Gasteiger partial charge < -0.3 is 14.5 Å². The molecule has 0 N–H and O–H groups in total. The lowest BCUT2D eigenvalue weighted by Gasteiger charge is -2.63. The van der Waals surface area contributed by atoms with E-state index in [1.165, 1.54) is 19.3 Å². The molecular formula is C31H43N5O3. The van der Waals surface area contributed by atoms with Gasteiger partial charge in [-0.2, -0.15) is 5.26 Å². The largest absolute Gasteiger partial charge is 0.361 e. The van der Waals surface area contributed by atoms with Crippen molar-refractivity contribution in [3.05, 3.63) is 0 Å². The summed E-state index contributed by atoms with van der Waals surface area (Å²) in [7, 11) is 0. The van der Waals surface area contributed by atoms with Crippen LogP contribution in [0.5, 0.6) is 0 Å². The van der Waals surface area contributed by atoms with Gasteiger partial charge in [0.1, 0.15) is 11.6 Å². The molecule has 0 radical (unpaired) electrons. The highest BCUT2D eigenvalue weighted by Crippen LogP contribution is 2.63. The summed E-state index contributed by atoms with van der Waals surface area (Å²) in [5.74, 6) is 2.67. The second kappa shape index (κ2) is 8.42. The van der Waals surface area contributed by atoms with Crippen LogP contribution in [0.4, 0.5) is 0 Å². The second-order valence-corrected chi connectivity index (χ2v) is 14.5. The van der Waals surface area contributed by atoms with E-state index in [-0.39, 0.29) is 24.2 Å². The SMILES string of the molecule is N#C[C@@H]1N2CCC[C@H]3CN4C(=O)CCC[C@@H]4[C@H]([C@H]32)[C@@H]2O[C@]12[C@H]1CC[C@H]2CN3C(=O)CCC[C@@H]3[C@H]3CCCN1[C@@H]23. The highest BCUT2D eigenvalue weighted by atomic mass is 16.6. The Morgan fingerprint density at radius 1 is 0.769 bits per heavy atom. The van der Waals surface area contributed by atoms with Gasteiger partial charge in [-0.15, -0.1) is 0 Å². The fourth-order valence-corrected chi connectivity index (χ4v) is 12.0. The van der Waals surface area contributed by atoms with E-state index < -0.39 is 5.60 Å². The Bertz CT molecular complexity index is 1120. The van der Waals surface area contributed by atoms with Gasteiger partial charge in [0.15, 0.2) is 0 Å². The van der Waals surface area contributed by atoms with Crippen LogP contribution in [0.25, 0.3) is 0 Å². The molecule has 9 fully saturated rings.